The van der Waals surface area contributed by atoms with E-state index < -0.39 is 33.9 Å². The number of carbonyl (C=O) groups is 2. The van der Waals surface area contributed by atoms with Crippen molar-refractivity contribution in [3.63, 3.8) is 0 Å². The summed E-state index contributed by atoms with van der Waals surface area (Å²) in [6.07, 6.45) is -3.95. The molecule has 0 atom stereocenters. The Balaban J connectivity index is 2.28. The summed E-state index contributed by atoms with van der Waals surface area (Å²) in [6, 6.07) is 8.32. The molecule has 2 amide bonds. The maximum Gasteiger partial charge on any atom is 0.573 e. The van der Waals surface area contributed by atoms with Crippen LogP contribution in [0.1, 0.15) is 17.3 Å². The number of amides is 2. The first-order valence-corrected chi connectivity index (χ1v) is 9.78. The van der Waals surface area contributed by atoms with E-state index in [0.717, 1.165) is 18.4 Å². The number of benzene rings is 2. The Kier molecular flexibility index (Phi) is 6.37. The standard InChI is InChI=1S/C17H16F3N3O5S/c1-10(24)21-12-5-8-15(23-29(2,26)27)14(9-12)16(25)22-11-3-6-13(7-4-11)28-17(18,19)20/h3-9,23H,1-2H3,(H,21,24)(H,22,25). The molecule has 0 unspecified atom stereocenters. The molecule has 156 valence electrons. The van der Waals surface area contributed by atoms with E-state index in [1.165, 1.54) is 37.3 Å². The van der Waals surface area contributed by atoms with E-state index in [-0.39, 0.29) is 22.6 Å². The largest absolute Gasteiger partial charge is 0.573 e. The van der Waals surface area contributed by atoms with Gasteiger partial charge >= 0.3 is 6.36 Å². The predicted molar refractivity (Wildman–Crippen MR) is 100 cm³/mol. The van der Waals surface area contributed by atoms with Crippen molar-refractivity contribution in [2.75, 3.05) is 21.6 Å². The number of alkyl halides is 3. The first-order valence-electron chi connectivity index (χ1n) is 7.89. The Morgan fingerprint density at radius 3 is 2.07 bits per heavy atom. The van der Waals surface area contributed by atoms with Crippen LogP contribution in [0.3, 0.4) is 0 Å². The molecule has 0 saturated carbocycles. The normalized spacial score (nSPS) is 11.5. The zero-order valence-electron chi connectivity index (χ0n) is 15.1. The Morgan fingerprint density at radius 1 is 0.966 bits per heavy atom. The molecule has 2 aromatic carbocycles. The van der Waals surface area contributed by atoms with E-state index in [9.17, 15) is 31.2 Å². The van der Waals surface area contributed by atoms with Crippen LogP contribution in [0.5, 0.6) is 5.75 Å². The highest BCUT2D eigenvalue weighted by Crippen LogP contribution is 2.26. The molecule has 0 bridgehead atoms. The lowest BCUT2D eigenvalue weighted by molar-refractivity contribution is -0.274. The fourth-order valence-corrected chi connectivity index (χ4v) is 2.82. The van der Waals surface area contributed by atoms with Crippen LogP contribution in [-0.4, -0.2) is 32.9 Å². The summed E-state index contributed by atoms with van der Waals surface area (Å²) in [6.45, 7) is 1.26. The van der Waals surface area contributed by atoms with Gasteiger partial charge in [0.1, 0.15) is 5.75 Å². The van der Waals surface area contributed by atoms with Crippen molar-refractivity contribution in [3.8, 4) is 5.75 Å². The summed E-state index contributed by atoms with van der Waals surface area (Å²) in [5.74, 6) is -1.63. The molecule has 0 saturated heterocycles. The van der Waals surface area contributed by atoms with E-state index in [2.05, 4.69) is 20.1 Å². The van der Waals surface area contributed by atoms with Gasteiger partial charge in [-0.1, -0.05) is 0 Å². The first-order chi connectivity index (χ1) is 13.3. The van der Waals surface area contributed by atoms with Crippen molar-refractivity contribution in [1.82, 2.24) is 0 Å². The van der Waals surface area contributed by atoms with Crippen LogP contribution >= 0.6 is 0 Å². The van der Waals surface area contributed by atoms with Crippen molar-refractivity contribution >= 4 is 38.9 Å². The van der Waals surface area contributed by atoms with E-state index in [4.69, 9.17) is 0 Å². The van der Waals surface area contributed by atoms with Crippen molar-refractivity contribution in [2.24, 2.45) is 0 Å². The molecule has 0 spiro atoms. The number of halogens is 3. The monoisotopic (exact) mass is 431 g/mol. The smallest absolute Gasteiger partial charge is 0.406 e. The van der Waals surface area contributed by atoms with E-state index in [1.54, 1.807) is 0 Å². The van der Waals surface area contributed by atoms with Gasteiger partial charge < -0.3 is 15.4 Å². The SMILES string of the molecule is CC(=O)Nc1ccc(NS(C)(=O)=O)c(C(=O)Nc2ccc(OC(F)(F)F)cc2)c1. The maximum atomic E-state index is 12.6. The predicted octanol–water partition coefficient (Wildman–Crippen LogP) is 3.17. The molecule has 2 aromatic rings. The fraction of sp³-hybridized carbons (Fsp3) is 0.176. The van der Waals surface area contributed by atoms with Crippen LogP contribution in [0, 0.1) is 0 Å². The van der Waals surface area contributed by atoms with Gasteiger partial charge in [-0.05, 0) is 42.5 Å². The highest BCUT2D eigenvalue weighted by Gasteiger charge is 2.31. The van der Waals surface area contributed by atoms with Crippen molar-refractivity contribution in [3.05, 3.63) is 48.0 Å². The summed E-state index contributed by atoms with van der Waals surface area (Å²) >= 11 is 0. The lowest BCUT2D eigenvalue weighted by atomic mass is 10.1. The van der Waals surface area contributed by atoms with Gasteiger partial charge in [-0.25, -0.2) is 8.42 Å². The molecule has 0 heterocycles. The number of ether oxygens (including phenoxy) is 1. The summed E-state index contributed by atoms with van der Waals surface area (Å²) in [5, 5.41) is 4.90. The topological polar surface area (TPSA) is 114 Å². The van der Waals surface area contributed by atoms with Gasteiger partial charge in [0.25, 0.3) is 5.91 Å². The zero-order valence-corrected chi connectivity index (χ0v) is 15.9. The second kappa shape index (κ2) is 8.39. The van der Waals surface area contributed by atoms with Crippen LogP contribution in [0.4, 0.5) is 30.2 Å². The lowest BCUT2D eigenvalue weighted by Gasteiger charge is -2.14. The molecule has 2 rings (SSSR count). The number of nitrogens with one attached hydrogen (secondary N) is 3. The van der Waals surface area contributed by atoms with Gasteiger partial charge in [-0.2, -0.15) is 0 Å². The highest BCUT2D eigenvalue weighted by molar-refractivity contribution is 7.92. The van der Waals surface area contributed by atoms with Crippen molar-refractivity contribution < 1.29 is 35.9 Å². The molecular weight excluding hydrogens is 415 g/mol. The van der Waals surface area contributed by atoms with Gasteiger partial charge in [-0.15, -0.1) is 13.2 Å². The molecule has 3 N–H and O–H groups in total. The van der Waals surface area contributed by atoms with Crippen LogP contribution in [0.2, 0.25) is 0 Å². The fourth-order valence-electron chi connectivity index (χ4n) is 2.24. The number of sulfonamides is 1. The molecule has 0 aliphatic rings. The van der Waals surface area contributed by atoms with Crippen molar-refractivity contribution in [2.45, 2.75) is 13.3 Å². The number of rotatable bonds is 6. The minimum absolute atomic E-state index is 0.0453. The van der Waals surface area contributed by atoms with Gasteiger partial charge in [0.05, 0.1) is 17.5 Å². The van der Waals surface area contributed by atoms with Crippen LogP contribution in [0.25, 0.3) is 0 Å². The summed E-state index contributed by atoms with van der Waals surface area (Å²) in [7, 11) is -3.71. The molecular formula is C17H16F3N3O5S. The molecule has 29 heavy (non-hydrogen) atoms. The third-order valence-electron chi connectivity index (χ3n) is 3.23. The average Bonchev–Trinajstić information content (AvgIpc) is 2.55. The molecule has 0 aromatic heterocycles. The Morgan fingerprint density at radius 2 is 1.55 bits per heavy atom. The van der Waals surface area contributed by atoms with Crippen molar-refractivity contribution in [1.29, 1.82) is 0 Å². The zero-order chi connectivity index (χ0) is 21.8. The quantitative estimate of drug-likeness (QED) is 0.650. The third kappa shape index (κ3) is 7.33. The molecule has 8 nitrogen and oxygen atoms in total. The van der Waals surface area contributed by atoms with E-state index in [0.29, 0.717) is 0 Å². The number of hydrogen-bond donors (Lipinski definition) is 3. The summed E-state index contributed by atoms with van der Waals surface area (Å²) < 4.78 is 65.6. The maximum absolute atomic E-state index is 12.6. The van der Waals surface area contributed by atoms with Gasteiger partial charge in [0.2, 0.25) is 15.9 Å². The Bertz CT molecular complexity index is 1020. The minimum Gasteiger partial charge on any atom is -0.406 e. The third-order valence-corrected chi connectivity index (χ3v) is 3.82. The van der Waals surface area contributed by atoms with Crippen LogP contribution < -0.4 is 20.1 Å². The van der Waals surface area contributed by atoms with E-state index in [1.807, 2.05) is 0 Å². The van der Waals surface area contributed by atoms with Gasteiger partial charge in [0, 0.05) is 18.3 Å². The summed E-state index contributed by atoms with van der Waals surface area (Å²) in [5.41, 5.74) is 0.226. The number of anilines is 3. The Hall–Kier alpha value is -3.28. The molecule has 0 fully saturated rings. The lowest BCUT2D eigenvalue weighted by Crippen LogP contribution is -2.19. The number of hydrogen-bond acceptors (Lipinski definition) is 5. The Labute approximate surface area is 164 Å². The first kappa shape index (κ1) is 22.0. The summed E-state index contributed by atoms with van der Waals surface area (Å²) in [4.78, 5) is 23.8. The van der Waals surface area contributed by atoms with Gasteiger partial charge in [-0.3, -0.25) is 14.3 Å². The average molecular weight is 431 g/mol. The highest BCUT2D eigenvalue weighted by atomic mass is 32.2. The second-order valence-electron chi connectivity index (χ2n) is 5.84. The molecule has 0 aliphatic heterocycles. The minimum atomic E-state index is -4.85. The molecule has 12 heteroatoms. The second-order valence-corrected chi connectivity index (χ2v) is 7.59. The molecule has 0 radical (unpaired) electrons. The van der Waals surface area contributed by atoms with Gasteiger partial charge in [0.15, 0.2) is 0 Å². The van der Waals surface area contributed by atoms with Crippen LogP contribution in [-0.2, 0) is 14.8 Å². The number of carbonyl (C=O) groups excluding carboxylic acids is 2. The molecule has 0 aliphatic carbocycles. The van der Waals surface area contributed by atoms with E-state index >= 15 is 0 Å². The van der Waals surface area contributed by atoms with Crippen LogP contribution in [0.15, 0.2) is 42.5 Å².